The lowest BCUT2D eigenvalue weighted by Gasteiger charge is -2.05. The van der Waals surface area contributed by atoms with Crippen LogP contribution in [0.25, 0.3) is 11.4 Å². The number of halogens is 1. The van der Waals surface area contributed by atoms with Crippen molar-refractivity contribution >= 4 is 17.5 Å². The molecule has 0 saturated heterocycles. The van der Waals surface area contributed by atoms with Crippen LogP contribution in [-0.2, 0) is 17.6 Å². The summed E-state index contributed by atoms with van der Waals surface area (Å²) in [5.74, 6) is 0.245. The van der Waals surface area contributed by atoms with Gasteiger partial charge in [-0.15, -0.1) is 10.2 Å². The Labute approximate surface area is 168 Å². The minimum absolute atomic E-state index is 0.104. The first kappa shape index (κ1) is 19.8. The fraction of sp³-hybridized carbons (Fsp3) is 0.238. The lowest BCUT2D eigenvalue weighted by molar-refractivity contribution is -0.121. The maximum atomic E-state index is 12.2. The largest absolute Gasteiger partial charge is 0.356 e. The van der Waals surface area contributed by atoms with E-state index in [0.717, 1.165) is 12.8 Å². The molecule has 0 spiro atoms. The molecular weight excluding hydrogens is 376 g/mol. The molecule has 0 aliphatic carbocycles. The Morgan fingerprint density at radius 1 is 1.04 bits per heavy atom. The van der Waals surface area contributed by atoms with Gasteiger partial charge in [-0.1, -0.05) is 54.1 Å². The monoisotopic (exact) mass is 396 g/mol. The number of rotatable bonds is 8. The van der Waals surface area contributed by atoms with Gasteiger partial charge in [-0.25, -0.2) is 0 Å². The van der Waals surface area contributed by atoms with Crippen LogP contribution in [0.15, 0.2) is 59.4 Å². The summed E-state index contributed by atoms with van der Waals surface area (Å²) < 4.78 is 0. The minimum Gasteiger partial charge on any atom is -0.356 e. The summed E-state index contributed by atoms with van der Waals surface area (Å²) in [6, 6.07) is 17.1. The van der Waals surface area contributed by atoms with Crippen LogP contribution in [0.4, 0.5) is 0 Å². The first-order valence-corrected chi connectivity index (χ1v) is 9.52. The molecule has 3 aromatic rings. The van der Waals surface area contributed by atoms with Gasteiger partial charge in [0.15, 0.2) is 5.82 Å². The molecule has 0 bridgehead atoms. The summed E-state index contributed by atoms with van der Waals surface area (Å²) >= 11 is 5.95. The number of benzene rings is 2. The molecule has 144 valence electrons. The molecule has 3 rings (SSSR count). The number of amides is 1. The summed E-state index contributed by atoms with van der Waals surface area (Å²) in [6.45, 7) is 0.601. The van der Waals surface area contributed by atoms with E-state index in [2.05, 4.69) is 32.6 Å². The molecule has 7 heteroatoms. The van der Waals surface area contributed by atoms with Crippen LogP contribution in [-0.4, -0.2) is 27.6 Å². The fourth-order valence-electron chi connectivity index (χ4n) is 2.77. The molecule has 0 aliphatic rings. The Morgan fingerprint density at radius 3 is 2.61 bits per heavy atom. The van der Waals surface area contributed by atoms with Gasteiger partial charge in [0.05, 0.1) is 0 Å². The van der Waals surface area contributed by atoms with Gasteiger partial charge in [0.2, 0.25) is 5.91 Å². The molecule has 0 saturated carbocycles. The first-order chi connectivity index (χ1) is 13.6. The highest BCUT2D eigenvalue weighted by Gasteiger charge is 2.09. The van der Waals surface area contributed by atoms with Crippen molar-refractivity contribution in [2.75, 3.05) is 6.54 Å². The van der Waals surface area contributed by atoms with Crippen LogP contribution in [0, 0.1) is 0 Å². The average molecular weight is 397 g/mol. The van der Waals surface area contributed by atoms with E-state index in [9.17, 15) is 9.59 Å². The fourth-order valence-corrected chi connectivity index (χ4v) is 2.97. The zero-order valence-corrected chi connectivity index (χ0v) is 16.1. The van der Waals surface area contributed by atoms with Gasteiger partial charge in [0.25, 0.3) is 5.56 Å². The molecule has 0 aliphatic heterocycles. The SMILES string of the molecule is O=C(CCc1nnc(-c2cccc(Cl)c2)[nH]c1=O)NCCCc1ccccc1. The third-order valence-electron chi connectivity index (χ3n) is 4.26. The number of aromatic nitrogens is 3. The van der Waals surface area contributed by atoms with Gasteiger partial charge in [-0.3, -0.25) is 9.59 Å². The van der Waals surface area contributed by atoms with E-state index in [0.29, 0.717) is 23.0 Å². The first-order valence-electron chi connectivity index (χ1n) is 9.14. The summed E-state index contributed by atoms with van der Waals surface area (Å²) in [7, 11) is 0. The van der Waals surface area contributed by atoms with Gasteiger partial charge in [0.1, 0.15) is 5.69 Å². The molecule has 2 N–H and O–H groups in total. The number of aryl methyl sites for hydroxylation is 2. The average Bonchev–Trinajstić information content (AvgIpc) is 2.71. The Bertz CT molecular complexity index is 989. The molecule has 0 atom stereocenters. The Hall–Kier alpha value is -2.99. The highest BCUT2D eigenvalue weighted by atomic mass is 35.5. The van der Waals surface area contributed by atoms with Crippen molar-refractivity contribution in [1.29, 1.82) is 0 Å². The number of hydrogen-bond acceptors (Lipinski definition) is 4. The van der Waals surface area contributed by atoms with E-state index < -0.39 is 0 Å². The van der Waals surface area contributed by atoms with Crippen LogP contribution in [0.1, 0.15) is 24.1 Å². The van der Waals surface area contributed by atoms with Crippen LogP contribution in [0.2, 0.25) is 5.02 Å². The van der Waals surface area contributed by atoms with E-state index in [1.807, 2.05) is 18.2 Å². The standard InChI is InChI=1S/C21H21ClN4O2/c22-17-10-4-9-16(14-17)20-24-21(28)18(25-26-20)11-12-19(27)23-13-5-8-15-6-2-1-3-7-15/h1-4,6-7,9-10,14H,5,8,11-13H2,(H,23,27)(H,24,26,28). The lowest BCUT2D eigenvalue weighted by Crippen LogP contribution is -2.26. The topological polar surface area (TPSA) is 87.7 Å². The normalized spacial score (nSPS) is 10.6. The highest BCUT2D eigenvalue weighted by Crippen LogP contribution is 2.17. The van der Waals surface area contributed by atoms with E-state index in [4.69, 9.17) is 11.6 Å². The van der Waals surface area contributed by atoms with Crippen molar-refractivity contribution in [3.8, 4) is 11.4 Å². The number of nitrogens with one attached hydrogen (secondary N) is 2. The van der Waals surface area contributed by atoms with Gasteiger partial charge in [-0.05, 0) is 30.5 Å². The quantitative estimate of drug-likeness (QED) is 0.572. The smallest absolute Gasteiger partial charge is 0.273 e. The molecule has 0 radical (unpaired) electrons. The number of nitrogens with zero attached hydrogens (tertiary/aromatic N) is 2. The number of hydrogen-bond donors (Lipinski definition) is 2. The van der Waals surface area contributed by atoms with Crippen molar-refractivity contribution in [3.63, 3.8) is 0 Å². The van der Waals surface area contributed by atoms with Gasteiger partial charge in [0, 0.05) is 30.0 Å². The zero-order chi connectivity index (χ0) is 19.8. The molecule has 1 aromatic heterocycles. The third kappa shape index (κ3) is 5.76. The number of carbonyl (C=O) groups is 1. The van der Waals surface area contributed by atoms with Gasteiger partial charge >= 0.3 is 0 Å². The minimum atomic E-state index is -0.346. The van der Waals surface area contributed by atoms with E-state index in [-0.39, 0.29) is 30.0 Å². The third-order valence-corrected chi connectivity index (χ3v) is 4.49. The van der Waals surface area contributed by atoms with Crippen molar-refractivity contribution in [1.82, 2.24) is 20.5 Å². The maximum Gasteiger partial charge on any atom is 0.273 e. The summed E-state index contributed by atoms with van der Waals surface area (Å²) in [4.78, 5) is 26.9. The Kier molecular flexibility index (Phi) is 6.92. The molecule has 6 nitrogen and oxygen atoms in total. The second-order valence-electron chi connectivity index (χ2n) is 6.40. The highest BCUT2D eigenvalue weighted by molar-refractivity contribution is 6.30. The van der Waals surface area contributed by atoms with Crippen molar-refractivity contribution in [3.05, 3.63) is 81.2 Å². The van der Waals surface area contributed by atoms with Crippen LogP contribution < -0.4 is 10.9 Å². The Morgan fingerprint density at radius 2 is 1.86 bits per heavy atom. The van der Waals surface area contributed by atoms with Gasteiger partial charge < -0.3 is 10.3 Å². The number of H-pyrrole nitrogens is 1. The van der Waals surface area contributed by atoms with E-state index in [1.54, 1.807) is 24.3 Å². The molecule has 0 fully saturated rings. The summed E-state index contributed by atoms with van der Waals surface area (Å²) in [5, 5.41) is 11.4. The Balaban J connectivity index is 1.46. The van der Waals surface area contributed by atoms with Crippen molar-refractivity contribution in [2.45, 2.75) is 25.7 Å². The molecule has 0 unspecified atom stereocenters. The maximum absolute atomic E-state index is 12.2. The van der Waals surface area contributed by atoms with Crippen LogP contribution in [0.3, 0.4) is 0 Å². The number of aromatic amines is 1. The molecule has 2 aromatic carbocycles. The predicted molar refractivity (Wildman–Crippen MR) is 109 cm³/mol. The number of carbonyl (C=O) groups excluding carboxylic acids is 1. The van der Waals surface area contributed by atoms with Crippen LogP contribution >= 0.6 is 11.6 Å². The molecule has 1 amide bonds. The lowest BCUT2D eigenvalue weighted by atomic mass is 10.1. The molecule has 28 heavy (non-hydrogen) atoms. The predicted octanol–water partition coefficient (Wildman–Crippen LogP) is 3.17. The summed E-state index contributed by atoms with van der Waals surface area (Å²) in [5.41, 5.74) is 1.82. The van der Waals surface area contributed by atoms with Gasteiger partial charge in [-0.2, -0.15) is 0 Å². The van der Waals surface area contributed by atoms with E-state index in [1.165, 1.54) is 5.56 Å². The van der Waals surface area contributed by atoms with E-state index >= 15 is 0 Å². The second kappa shape index (κ2) is 9.80. The van der Waals surface area contributed by atoms with Crippen LogP contribution in [0.5, 0.6) is 0 Å². The molecular formula is C21H21ClN4O2. The zero-order valence-electron chi connectivity index (χ0n) is 15.3. The van der Waals surface area contributed by atoms with Crippen molar-refractivity contribution in [2.24, 2.45) is 0 Å². The molecule has 1 heterocycles. The summed E-state index contributed by atoms with van der Waals surface area (Å²) in [6.07, 6.45) is 2.21. The second-order valence-corrected chi connectivity index (χ2v) is 6.84. The van der Waals surface area contributed by atoms with Crippen molar-refractivity contribution < 1.29 is 4.79 Å².